The highest BCUT2D eigenvalue weighted by molar-refractivity contribution is 4.75. The molecule has 1 atom stereocenters. The molecule has 4 N–H and O–H groups in total. The zero-order valence-corrected chi connectivity index (χ0v) is 14.7. The zero-order valence-electron chi connectivity index (χ0n) is 14.7. The van der Waals surface area contributed by atoms with E-state index >= 15 is 0 Å². The molecule has 0 saturated heterocycles. The van der Waals surface area contributed by atoms with Gasteiger partial charge >= 0.3 is 0 Å². The molecule has 0 aromatic rings. The van der Waals surface area contributed by atoms with Crippen molar-refractivity contribution in [2.24, 2.45) is 11.1 Å². The van der Waals surface area contributed by atoms with E-state index in [-0.39, 0.29) is 5.66 Å². The van der Waals surface area contributed by atoms with E-state index in [9.17, 15) is 0 Å². The van der Waals surface area contributed by atoms with E-state index in [1.165, 1.54) is 12.8 Å². The summed E-state index contributed by atoms with van der Waals surface area (Å²) in [6.07, 6.45) is 3.51. The van der Waals surface area contributed by atoms with Crippen molar-refractivity contribution in [3.8, 4) is 0 Å². The second-order valence-electron chi connectivity index (χ2n) is 7.30. The quantitative estimate of drug-likeness (QED) is 0.402. The van der Waals surface area contributed by atoms with E-state index < -0.39 is 0 Å². The maximum Gasteiger partial charge on any atom is 0.0653 e. The van der Waals surface area contributed by atoms with E-state index in [0.29, 0.717) is 5.41 Å². The molecule has 0 spiro atoms. The Morgan fingerprint density at radius 2 is 1.50 bits per heavy atom. The summed E-state index contributed by atoms with van der Waals surface area (Å²) in [7, 11) is 2.09. The number of hydrogen-bond donors (Lipinski definition) is 3. The van der Waals surface area contributed by atoms with Crippen LogP contribution in [0.15, 0.2) is 0 Å². The Morgan fingerprint density at radius 1 is 0.950 bits per heavy atom. The lowest BCUT2D eigenvalue weighted by Crippen LogP contribution is -2.53. The third-order valence-corrected chi connectivity index (χ3v) is 3.97. The van der Waals surface area contributed by atoms with E-state index in [1.807, 2.05) is 0 Å². The molecule has 0 amide bonds. The molecule has 0 aromatic carbocycles. The van der Waals surface area contributed by atoms with Crippen LogP contribution in [0.5, 0.6) is 0 Å². The lowest BCUT2D eigenvalue weighted by molar-refractivity contribution is 0.139. The van der Waals surface area contributed by atoms with Gasteiger partial charge in [-0.2, -0.15) is 0 Å². The van der Waals surface area contributed by atoms with Gasteiger partial charge in [0.25, 0.3) is 0 Å². The van der Waals surface area contributed by atoms with Gasteiger partial charge in [-0.25, -0.2) is 0 Å². The van der Waals surface area contributed by atoms with E-state index in [4.69, 9.17) is 5.73 Å². The maximum absolute atomic E-state index is 6.18. The summed E-state index contributed by atoms with van der Waals surface area (Å²) >= 11 is 0. The van der Waals surface area contributed by atoms with Crippen LogP contribution >= 0.6 is 0 Å². The average Bonchev–Trinajstić information content (AvgIpc) is 2.35. The summed E-state index contributed by atoms with van der Waals surface area (Å²) in [6, 6.07) is 0. The predicted octanol–water partition coefficient (Wildman–Crippen LogP) is 2.01. The minimum atomic E-state index is -0.188. The Bertz CT molecular complexity index is 233. The fourth-order valence-corrected chi connectivity index (χ4v) is 1.94. The monoisotopic (exact) mass is 286 g/mol. The standard InChI is InChI=1S/C16H38N4/c1-7-16(5,17)20(6)14-13-19-12-11-18-10-8-9-15(2,3)4/h18-19H,7-14,17H2,1-6H3. The van der Waals surface area contributed by atoms with Crippen LogP contribution in [0.25, 0.3) is 0 Å². The van der Waals surface area contributed by atoms with Crippen LogP contribution in [-0.4, -0.2) is 50.3 Å². The van der Waals surface area contributed by atoms with Gasteiger partial charge in [-0.15, -0.1) is 0 Å². The van der Waals surface area contributed by atoms with Gasteiger partial charge < -0.3 is 16.4 Å². The van der Waals surface area contributed by atoms with Gasteiger partial charge in [0, 0.05) is 26.2 Å². The van der Waals surface area contributed by atoms with Crippen LogP contribution in [0, 0.1) is 5.41 Å². The predicted molar refractivity (Wildman–Crippen MR) is 89.9 cm³/mol. The number of rotatable bonds is 11. The number of likely N-dealkylation sites (N-methyl/N-ethyl adjacent to an activating group) is 1. The van der Waals surface area contributed by atoms with Gasteiger partial charge in [-0.3, -0.25) is 4.90 Å². The summed E-state index contributed by atoms with van der Waals surface area (Å²) < 4.78 is 0. The van der Waals surface area contributed by atoms with Gasteiger partial charge in [-0.1, -0.05) is 27.7 Å². The molecule has 4 nitrogen and oxygen atoms in total. The Kier molecular flexibility index (Phi) is 9.64. The number of nitrogens with one attached hydrogen (secondary N) is 2. The Morgan fingerprint density at radius 3 is 2.00 bits per heavy atom. The third kappa shape index (κ3) is 10.6. The number of nitrogens with zero attached hydrogens (tertiary/aromatic N) is 1. The normalized spacial score (nSPS) is 15.6. The molecule has 0 bridgehead atoms. The highest BCUT2D eigenvalue weighted by Crippen LogP contribution is 2.19. The first-order valence-corrected chi connectivity index (χ1v) is 8.10. The first-order chi connectivity index (χ1) is 9.19. The molecule has 0 saturated carbocycles. The molecule has 0 fully saturated rings. The second-order valence-corrected chi connectivity index (χ2v) is 7.30. The molecule has 0 aliphatic heterocycles. The molecule has 0 aliphatic carbocycles. The zero-order chi connectivity index (χ0) is 15.6. The smallest absolute Gasteiger partial charge is 0.0653 e. The summed E-state index contributed by atoms with van der Waals surface area (Å²) in [5.41, 5.74) is 6.45. The molecule has 0 aromatic heterocycles. The number of nitrogens with two attached hydrogens (primary N) is 1. The molecule has 0 aliphatic rings. The van der Waals surface area contributed by atoms with Gasteiger partial charge in [0.2, 0.25) is 0 Å². The molecule has 1 unspecified atom stereocenters. The Hall–Kier alpha value is -0.160. The van der Waals surface area contributed by atoms with Crippen LogP contribution in [0.4, 0.5) is 0 Å². The van der Waals surface area contributed by atoms with Gasteiger partial charge in [0.15, 0.2) is 0 Å². The van der Waals surface area contributed by atoms with Crippen molar-refractivity contribution in [3.05, 3.63) is 0 Å². The topological polar surface area (TPSA) is 53.3 Å². The Labute approximate surface area is 126 Å². The minimum absolute atomic E-state index is 0.188. The van der Waals surface area contributed by atoms with Crippen LogP contribution in [0.2, 0.25) is 0 Å². The number of hydrogen-bond acceptors (Lipinski definition) is 4. The largest absolute Gasteiger partial charge is 0.315 e. The van der Waals surface area contributed by atoms with E-state index in [2.05, 4.69) is 57.2 Å². The van der Waals surface area contributed by atoms with Crippen molar-refractivity contribution in [2.75, 3.05) is 39.8 Å². The molecule has 20 heavy (non-hydrogen) atoms. The van der Waals surface area contributed by atoms with Gasteiger partial charge in [-0.05, 0) is 45.2 Å². The molecule has 122 valence electrons. The SMILES string of the molecule is CCC(C)(N)N(C)CCNCCNCCCC(C)(C)C. The van der Waals surface area contributed by atoms with Crippen LogP contribution in [-0.2, 0) is 0 Å². The van der Waals surface area contributed by atoms with Crippen molar-refractivity contribution < 1.29 is 0 Å². The lowest BCUT2D eigenvalue weighted by Gasteiger charge is -2.34. The van der Waals surface area contributed by atoms with Crippen LogP contribution in [0.1, 0.15) is 53.9 Å². The average molecular weight is 287 g/mol. The maximum atomic E-state index is 6.18. The van der Waals surface area contributed by atoms with Crippen molar-refractivity contribution in [1.29, 1.82) is 0 Å². The van der Waals surface area contributed by atoms with Crippen molar-refractivity contribution in [2.45, 2.75) is 59.5 Å². The van der Waals surface area contributed by atoms with Crippen molar-refractivity contribution in [3.63, 3.8) is 0 Å². The third-order valence-electron chi connectivity index (χ3n) is 3.97. The summed E-state index contributed by atoms with van der Waals surface area (Å²) in [6.45, 7) is 16.3. The fraction of sp³-hybridized carbons (Fsp3) is 1.00. The van der Waals surface area contributed by atoms with Gasteiger partial charge in [0.05, 0.1) is 5.66 Å². The highest BCUT2D eigenvalue weighted by Gasteiger charge is 2.20. The molecule has 0 heterocycles. The van der Waals surface area contributed by atoms with Crippen LogP contribution in [0.3, 0.4) is 0 Å². The first kappa shape index (κ1) is 19.8. The van der Waals surface area contributed by atoms with Crippen LogP contribution < -0.4 is 16.4 Å². The minimum Gasteiger partial charge on any atom is -0.315 e. The molecule has 4 heteroatoms. The molecular weight excluding hydrogens is 248 g/mol. The molecule has 0 rings (SSSR count). The summed E-state index contributed by atoms with van der Waals surface area (Å²) in [5, 5.41) is 6.95. The van der Waals surface area contributed by atoms with Crippen molar-refractivity contribution >= 4 is 0 Å². The first-order valence-electron chi connectivity index (χ1n) is 8.10. The second kappa shape index (κ2) is 9.72. The lowest BCUT2D eigenvalue weighted by atomic mass is 9.91. The molecule has 0 radical (unpaired) electrons. The van der Waals surface area contributed by atoms with E-state index in [0.717, 1.165) is 39.1 Å². The summed E-state index contributed by atoms with van der Waals surface area (Å²) in [4.78, 5) is 2.22. The Balaban J connectivity index is 3.37. The highest BCUT2D eigenvalue weighted by atomic mass is 15.2. The van der Waals surface area contributed by atoms with Gasteiger partial charge in [0.1, 0.15) is 0 Å². The summed E-state index contributed by atoms with van der Waals surface area (Å²) in [5.74, 6) is 0. The fourth-order valence-electron chi connectivity index (χ4n) is 1.94. The van der Waals surface area contributed by atoms with Crippen molar-refractivity contribution in [1.82, 2.24) is 15.5 Å². The van der Waals surface area contributed by atoms with E-state index in [1.54, 1.807) is 0 Å². The molecular formula is C16H38N4.